The Morgan fingerprint density at radius 3 is 2.60 bits per heavy atom. The average Bonchev–Trinajstić information content (AvgIpc) is 2.41. The van der Waals surface area contributed by atoms with Crippen LogP contribution in [0.4, 0.5) is 0 Å². The summed E-state index contributed by atoms with van der Waals surface area (Å²) in [7, 11) is 0. The molecule has 0 N–H and O–H groups in total. The molecular formula is C11H19ClN2O. The van der Waals surface area contributed by atoms with Gasteiger partial charge in [0.15, 0.2) is 0 Å². The van der Waals surface area contributed by atoms with Crippen LogP contribution in [-0.4, -0.2) is 15.9 Å². The van der Waals surface area contributed by atoms with Crippen molar-refractivity contribution in [3.8, 4) is 0 Å². The maximum absolute atomic E-state index is 6.05. The Morgan fingerprint density at radius 1 is 1.40 bits per heavy atom. The normalized spacial score (nSPS) is 11.7. The predicted octanol–water partition coefficient (Wildman–Crippen LogP) is 3.12. The van der Waals surface area contributed by atoms with Crippen molar-refractivity contribution in [1.29, 1.82) is 0 Å². The van der Waals surface area contributed by atoms with E-state index in [2.05, 4.69) is 18.9 Å². The second-order valence-electron chi connectivity index (χ2n) is 4.40. The van der Waals surface area contributed by atoms with E-state index < -0.39 is 0 Å². The molecule has 0 amide bonds. The zero-order valence-corrected chi connectivity index (χ0v) is 10.6. The standard InChI is InChI=1S/C11H19ClN2O/c1-8(2)5-14-6-10(12)11(13-14)7-15-9(3)4/h6,8-9H,5,7H2,1-4H3. The van der Waals surface area contributed by atoms with E-state index in [1.54, 1.807) is 0 Å². The van der Waals surface area contributed by atoms with Crippen LogP contribution in [0.3, 0.4) is 0 Å². The Morgan fingerprint density at radius 2 is 2.07 bits per heavy atom. The molecule has 0 aliphatic rings. The van der Waals surface area contributed by atoms with Crippen LogP contribution in [0.5, 0.6) is 0 Å². The molecule has 0 aliphatic carbocycles. The van der Waals surface area contributed by atoms with Crippen molar-refractivity contribution in [1.82, 2.24) is 9.78 Å². The van der Waals surface area contributed by atoms with Crippen molar-refractivity contribution in [3.63, 3.8) is 0 Å². The molecule has 0 aromatic carbocycles. The molecule has 0 aliphatic heterocycles. The molecular weight excluding hydrogens is 212 g/mol. The number of aromatic nitrogens is 2. The van der Waals surface area contributed by atoms with Crippen LogP contribution in [0, 0.1) is 5.92 Å². The number of nitrogens with zero attached hydrogens (tertiary/aromatic N) is 2. The van der Waals surface area contributed by atoms with Gasteiger partial charge in [0.25, 0.3) is 0 Å². The van der Waals surface area contributed by atoms with Crippen LogP contribution in [0.2, 0.25) is 5.02 Å². The van der Waals surface area contributed by atoms with Crippen LogP contribution in [-0.2, 0) is 17.9 Å². The van der Waals surface area contributed by atoms with Crippen molar-refractivity contribution in [2.45, 2.75) is 47.0 Å². The molecule has 0 saturated heterocycles. The van der Waals surface area contributed by atoms with E-state index in [1.165, 1.54) is 0 Å². The Balaban J connectivity index is 2.60. The summed E-state index contributed by atoms with van der Waals surface area (Å²) in [6.45, 7) is 9.68. The lowest BCUT2D eigenvalue weighted by Crippen LogP contribution is -2.07. The highest BCUT2D eigenvalue weighted by atomic mass is 35.5. The Labute approximate surface area is 96.4 Å². The maximum atomic E-state index is 6.05. The quantitative estimate of drug-likeness (QED) is 0.777. The summed E-state index contributed by atoms with van der Waals surface area (Å²) in [6, 6.07) is 0. The van der Waals surface area contributed by atoms with E-state index in [-0.39, 0.29) is 6.10 Å². The second kappa shape index (κ2) is 5.52. The molecule has 1 aromatic rings. The lowest BCUT2D eigenvalue weighted by molar-refractivity contribution is 0.0632. The van der Waals surface area contributed by atoms with Gasteiger partial charge in [0, 0.05) is 12.7 Å². The van der Waals surface area contributed by atoms with Crippen LogP contribution >= 0.6 is 11.6 Å². The number of ether oxygens (including phenoxy) is 1. The highest BCUT2D eigenvalue weighted by Gasteiger charge is 2.08. The van der Waals surface area contributed by atoms with E-state index in [0.717, 1.165) is 12.2 Å². The van der Waals surface area contributed by atoms with Crippen LogP contribution in [0.25, 0.3) is 0 Å². The summed E-state index contributed by atoms with van der Waals surface area (Å²) < 4.78 is 7.35. The van der Waals surface area contributed by atoms with E-state index in [1.807, 2.05) is 24.7 Å². The third-order valence-electron chi connectivity index (χ3n) is 1.89. The van der Waals surface area contributed by atoms with E-state index in [4.69, 9.17) is 16.3 Å². The molecule has 1 heterocycles. The summed E-state index contributed by atoms with van der Waals surface area (Å²) in [5.41, 5.74) is 0.825. The molecule has 0 radical (unpaired) electrons. The fourth-order valence-corrected chi connectivity index (χ4v) is 1.45. The van der Waals surface area contributed by atoms with Crippen molar-refractivity contribution < 1.29 is 4.74 Å². The third kappa shape index (κ3) is 4.22. The first kappa shape index (κ1) is 12.5. The molecule has 0 fully saturated rings. The van der Waals surface area contributed by atoms with Gasteiger partial charge in [-0.15, -0.1) is 0 Å². The van der Waals surface area contributed by atoms with Gasteiger partial charge in [0.05, 0.1) is 17.7 Å². The van der Waals surface area contributed by atoms with Crippen molar-refractivity contribution >= 4 is 11.6 Å². The van der Waals surface area contributed by atoms with Crippen LogP contribution < -0.4 is 0 Å². The van der Waals surface area contributed by atoms with Crippen molar-refractivity contribution in [2.75, 3.05) is 0 Å². The van der Waals surface area contributed by atoms with Crippen molar-refractivity contribution in [2.24, 2.45) is 5.92 Å². The average molecular weight is 231 g/mol. The topological polar surface area (TPSA) is 27.1 Å². The second-order valence-corrected chi connectivity index (χ2v) is 4.81. The maximum Gasteiger partial charge on any atom is 0.107 e. The van der Waals surface area contributed by atoms with Crippen LogP contribution in [0.15, 0.2) is 6.20 Å². The fraction of sp³-hybridized carbons (Fsp3) is 0.727. The van der Waals surface area contributed by atoms with Gasteiger partial charge in [-0.05, 0) is 19.8 Å². The Kier molecular flexibility index (Phi) is 4.61. The minimum absolute atomic E-state index is 0.205. The molecule has 3 nitrogen and oxygen atoms in total. The van der Waals surface area contributed by atoms with E-state index >= 15 is 0 Å². The SMILES string of the molecule is CC(C)Cn1cc(Cl)c(COC(C)C)n1. The van der Waals surface area contributed by atoms with Gasteiger partial charge >= 0.3 is 0 Å². The molecule has 0 atom stereocenters. The van der Waals surface area contributed by atoms with Gasteiger partial charge < -0.3 is 4.74 Å². The molecule has 0 saturated carbocycles. The Hall–Kier alpha value is -0.540. The minimum Gasteiger partial charge on any atom is -0.372 e. The van der Waals surface area contributed by atoms with Gasteiger partial charge in [0.2, 0.25) is 0 Å². The van der Waals surface area contributed by atoms with Crippen LogP contribution in [0.1, 0.15) is 33.4 Å². The molecule has 0 unspecified atom stereocenters. The first-order valence-electron chi connectivity index (χ1n) is 5.32. The van der Waals surface area contributed by atoms with Crippen molar-refractivity contribution in [3.05, 3.63) is 16.9 Å². The molecule has 0 bridgehead atoms. The highest BCUT2D eigenvalue weighted by molar-refractivity contribution is 6.31. The summed E-state index contributed by atoms with van der Waals surface area (Å²) in [4.78, 5) is 0. The fourth-order valence-electron chi connectivity index (χ4n) is 1.25. The van der Waals surface area contributed by atoms with Gasteiger partial charge in [-0.25, -0.2) is 0 Å². The summed E-state index contributed by atoms with van der Waals surface area (Å²) in [6.07, 6.45) is 2.07. The monoisotopic (exact) mass is 230 g/mol. The first-order chi connectivity index (χ1) is 6.99. The van der Waals surface area contributed by atoms with Gasteiger partial charge in [-0.3, -0.25) is 4.68 Å². The Bertz CT molecular complexity index is 308. The summed E-state index contributed by atoms with van der Waals surface area (Å²) in [5, 5.41) is 5.07. The number of rotatable bonds is 5. The lowest BCUT2D eigenvalue weighted by atomic mass is 10.2. The molecule has 1 rings (SSSR count). The van der Waals surface area contributed by atoms with Gasteiger partial charge in [-0.1, -0.05) is 25.4 Å². The summed E-state index contributed by atoms with van der Waals surface area (Å²) in [5.74, 6) is 0.569. The first-order valence-corrected chi connectivity index (χ1v) is 5.70. The molecule has 15 heavy (non-hydrogen) atoms. The lowest BCUT2D eigenvalue weighted by Gasteiger charge is -2.06. The molecule has 1 aromatic heterocycles. The molecule has 86 valence electrons. The molecule has 4 heteroatoms. The number of hydrogen-bond acceptors (Lipinski definition) is 2. The largest absolute Gasteiger partial charge is 0.372 e. The highest BCUT2D eigenvalue weighted by Crippen LogP contribution is 2.16. The van der Waals surface area contributed by atoms with E-state index in [9.17, 15) is 0 Å². The number of halogens is 1. The predicted molar refractivity (Wildman–Crippen MR) is 62.0 cm³/mol. The third-order valence-corrected chi connectivity index (χ3v) is 2.21. The molecule has 0 spiro atoms. The minimum atomic E-state index is 0.205. The van der Waals surface area contributed by atoms with Gasteiger partial charge in [-0.2, -0.15) is 5.10 Å². The zero-order valence-electron chi connectivity index (χ0n) is 9.83. The smallest absolute Gasteiger partial charge is 0.107 e. The number of hydrogen-bond donors (Lipinski definition) is 0. The van der Waals surface area contributed by atoms with Gasteiger partial charge in [0.1, 0.15) is 5.69 Å². The summed E-state index contributed by atoms with van der Waals surface area (Å²) >= 11 is 6.05. The zero-order chi connectivity index (χ0) is 11.4. The van der Waals surface area contributed by atoms with E-state index in [0.29, 0.717) is 17.5 Å².